The lowest BCUT2D eigenvalue weighted by Gasteiger charge is -2.16. The van der Waals surface area contributed by atoms with Gasteiger partial charge >= 0.3 is 6.03 Å². The predicted molar refractivity (Wildman–Crippen MR) is 109 cm³/mol. The minimum atomic E-state index is -0.0695. The van der Waals surface area contributed by atoms with E-state index in [4.69, 9.17) is 5.11 Å². The number of carbonyl (C=O) groups is 1. The summed E-state index contributed by atoms with van der Waals surface area (Å²) in [7, 11) is 0. The molecule has 0 bridgehead atoms. The van der Waals surface area contributed by atoms with Gasteiger partial charge in [-0.1, -0.05) is 6.07 Å². The van der Waals surface area contributed by atoms with E-state index in [1.54, 1.807) is 6.20 Å². The van der Waals surface area contributed by atoms with Crippen LogP contribution in [0.3, 0.4) is 0 Å². The molecule has 3 rings (SSSR count). The summed E-state index contributed by atoms with van der Waals surface area (Å²) in [5.41, 5.74) is 1.49. The summed E-state index contributed by atoms with van der Waals surface area (Å²) in [6.07, 6.45) is 4.42. The minimum absolute atomic E-state index is 0.0695. The summed E-state index contributed by atoms with van der Waals surface area (Å²) in [5, 5.41) is 18.1. The predicted octanol–water partition coefficient (Wildman–Crippen LogP) is 3.40. The Labute approximate surface area is 166 Å². The number of hydrogen-bond acceptors (Lipinski definition) is 6. The zero-order chi connectivity index (χ0) is 19.1. The Morgan fingerprint density at radius 1 is 1.26 bits per heavy atom. The molecule has 1 aliphatic rings. The molecule has 2 heterocycles. The second kappa shape index (κ2) is 9.52. The van der Waals surface area contributed by atoms with Crippen LogP contribution in [0.25, 0.3) is 0 Å². The number of aromatic nitrogens is 2. The summed E-state index contributed by atoms with van der Waals surface area (Å²) < 4.78 is 0.748. The van der Waals surface area contributed by atoms with Crippen molar-refractivity contribution in [2.45, 2.75) is 19.3 Å². The lowest BCUT2D eigenvalue weighted by atomic mass is 10.3. The molecular weight excluding hydrogens is 412 g/mol. The van der Waals surface area contributed by atoms with E-state index in [1.807, 2.05) is 29.2 Å². The van der Waals surface area contributed by atoms with E-state index in [2.05, 4.69) is 41.8 Å². The van der Waals surface area contributed by atoms with Gasteiger partial charge in [-0.25, -0.2) is 9.78 Å². The molecule has 1 aliphatic heterocycles. The van der Waals surface area contributed by atoms with Gasteiger partial charge in [0.25, 0.3) is 0 Å². The number of aliphatic hydroxyl groups is 1. The topological polar surface area (TPSA) is 102 Å². The first-order valence-electron chi connectivity index (χ1n) is 8.96. The number of likely N-dealkylation sites (tertiary alicyclic amines) is 1. The van der Waals surface area contributed by atoms with Crippen molar-refractivity contribution >= 4 is 45.1 Å². The summed E-state index contributed by atoms with van der Waals surface area (Å²) in [5.74, 6) is 1.09. The normalized spacial score (nSPS) is 13.5. The highest BCUT2D eigenvalue weighted by Gasteiger charge is 2.17. The SMILES string of the molecule is O=C(Nc1cccc(Nc2ncc(Br)c(NCCCO)n2)c1)N1CCCC1. The zero-order valence-electron chi connectivity index (χ0n) is 14.9. The Kier molecular flexibility index (Phi) is 6.83. The third-order valence-electron chi connectivity index (χ3n) is 4.13. The molecule has 0 saturated carbocycles. The maximum absolute atomic E-state index is 12.2. The Bertz CT molecular complexity index is 782. The Morgan fingerprint density at radius 3 is 2.81 bits per heavy atom. The van der Waals surface area contributed by atoms with Crippen molar-refractivity contribution in [3.8, 4) is 0 Å². The van der Waals surface area contributed by atoms with Crippen molar-refractivity contribution in [1.82, 2.24) is 14.9 Å². The van der Waals surface area contributed by atoms with Crippen molar-refractivity contribution in [3.05, 3.63) is 34.9 Å². The molecule has 8 nitrogen and oxygen atoms in total. The first-order chi connectivity index (χ1) is 13.2. The van der Waals surface area contributed by atoms with Crippen LogP contribution in [-0.4, -0.2) is 52.2 Å². The molecule has 0 aliphatic carbocycles. The monoisotopic (exact) mass is 434 g/mol. The number of urea groups is 1. The van der Waals surface area contributed by atoms with Crippen LogP contribution in [0.4, 0.5) is 27.9 Å². The smallest absolute Gasteiger partial charge is 0.321 e. The van der Waals surface area contributed by atoms with Crippen LogP contribution in [0.5, 0.6) is 0 Å². The molecule has 0 unspecified atom stereocenters. The second-order valence-electron chi connectivity index (χ2n) is 6.22. The number of hydrogen-bond donors (Lipinski definition) is 4. The maximum atomic E-state index is 12.2. The van der Waals surface area contributed by atoms with E-state index < -0.39 is 0 Å². The highest BCUT2D eigenvalue weighted by atomic mass is 79.9. The van der Waals surface area contributed by atoms with Crippen molar-refractivity contribution in [2.24, 2.45) is 0 Å². The van der Waals surface area contributed by atoms with Gasteiger partial charge in [-0.05, 0) is 53.4 Å². The molecule has 1 fully saturated rings. The molecule has 4 N–H and O–H groups in total. The maximum Gasteiger partial charge on any atom is 0.321 e. The van der Waals surface area contributed by atoms with Crippen molar-refractivity contribution in [3.63, 3.8) is 0 Å². The van der Waals surface area contributed by atoms with E-state index in [0.717, 1.165) is 41.8 Å². The number of aliphatic hydroxyl groups excluding tert-OH is 1. The number of carbonyl (C=O) groups excluding carboxylic acids is 1. The number of benzene rings is 1. The van der Waals surface area contributed by atoms with E-state index >= 15 is 0 Å². The average Bonchev–Trinajstić information content (AvgIpc) is 3.20. The van der Waals surface area contributed by atoms with Gasteiger partial charge in [0.1, 0.15) is 5.82 Å². The Balaban J connectivity index is 1.65. The number of nitrogens with one attached hydrogen (secondary N) is 3. The fraction of sp³-hybridized carbons (Fsp3) is 0.389. The van der Waals surface area contributed by atoms with Crippen molar-refractivity contribution in [2.75, 3.05) is 42.2 Å². The molecule has 2 amide bonds. The molecule has 0 spiro atoms. The summed E-state index contributed by atoms with van der Waals surface area (Å²) >= 11 is 3.41. The van der Waals surface area contributed by atoms with Crippen molar-refractivity contribution in [1.29, 1.82) is 0 Å². The molecular formula is C18H23BrN6O2. The van der Waals surface area contributed by atoms with Gasteiger partial charge in [0.2, 0.25) is 5.95 Å². The van der Waals surface area contributed by atoms with Crippen LogP contribution in [0.2, 0.25) is 0 Å². The van der Waals surface area contributed by atoms with Gasteiger partial charge in [0.15, 0.2) is 0 Å². The van der Waals surface area contributed by atoms with E-state index in [-0.39, 0.29) is 12.6 Å². The van der Waals surface area contributed by atoms with Crippen molar-refractivity contribution < 1.29 is 9.90 Å². The number of halogens is 1. The number of nitrogens with zero attached hydrogens (tertiary/aromatic N) is 3. The standard InChI is InChI=1S/C18H23BrN6O2/c19-15-12-21-17(24-16(15)20-7-4-10-26)22-13-5-3-6-14(11-13)23-18(27)25-8-1-2-9-25/h3,5-6,11-12,26H,1-2,4,7-10H2,(H,23,27)(H2,20,21,22,24). The van der Waals surface area contributed by atoms with Crippen LogP contribution < -0.4 is 16.0 Å². The summed E-state index contributed by atoms with van der Waals surface area (Å²) in [6, 6.07) is 7.37. The van der Waals surface area contributed by atoms with Gasteiger partial charge < -0.3 is 26.0 Å². The Morgan fingerprint density at radius 2 is 2.04 bits per heavy atom. The van der Waals surface area contributed by atoms with Gasteiger partial charge in [-0.2, -0.15) is 4.98 Å². The first kappa shape index (κ1) is 19.4. The molecule has 1 saturated heterocycles. The highest BCUT2D eigenvalue weighted by molar-refractivity contribution is 9.10. The largest absolute Gasteiger partial charge is 0.396 e. The fourth-order valence-electron chi connectivity index (χ4n) is 2.76. The molecule has 27 heavy (non-hydrogen) atoms. The van der Waals surface area contributed by atoms with Gasteiger partial charge in [-0.15, -0.1) is 0 Å². The Hall–Kier alpha value is -2.39. The molecule has 1 aromatic carbocycles. The fourth-order valence-corrected chi connectivity index (χ4v) is 3.09. The van der Waals surface area contributed by atoms with E-state index in [1.165, 1.54) is 0 Å². The zero-order valence-corrected chi connectivity index (χ0v) is 16.5. The lowest BCUT2D eigenvalue weighted by molar-refractivity contribution is 0.222. The molecule has 2 aromatic rings. The van der Waals surface area contributed by atoms with Gasteiger partial charge in [-0.3, -0.25) is 0 Å². The third-order valence-corrected chi connectivity index (χ3v) is 4.72. The second-order valence-corrected chi connectivity index (χ2v) is 7.08. The molecule has 144 valence electrons. The molecule has 0 radical (unpaired) electrons. The van der Waals surface area contributed by atoms with E-state index in [0.29, 0.717) is 24.7 Å². The van der Waals surface area contributed by atoms with Crippen LogP contribution in [0, 0.1) is 0 Å². The number of amides is 2. The highest BCUT2D eigenvalue weighted by Crippen LogP contribution is 2.23. The average molecular weight is 435 g/mol. The minimum Gasteiger partial charge on any atom is -0.396 e. The summed E-state index contributed by atoms with van der Waals surface area (Å²) in [6.45, 7) is 2.35. The first-order valence-corrected chi connectivity index (χ1v) is 9.75. The number of anilines is 4. The molecule has 0 atom stereocenters. The van der Waals surface area contributed by atoms with Crippen LogP contribution in [-0.2, 0) is 0 Å². The van der Waals surface area contributed by atoms with Crippen LogP contribution >= 0.6 is 15.9 Å². The quantitative estimate of drug-likeness (QED) is 0.498. The molecule has 9 heteroatoms. The van der Waals surface area contributed by atoms with Crippen LogP contribution in [0.15, 0.2) is 34.9 Å². The van der Waals surface area contributed by atoms with Gasteiger partial charge in [0, 0.05) is 43.8 Å². The lowest BCUT2D eigenvalue weighted by Crippen LogP contribution is -2.32. The third kappa shape index (κ3) is 5.54. The van der Waals surface area contributed by atoms with Crippen LogP contribution in [0.1, 0.15) is 19.3 Å². The summed E-state index contributed by atoms with van der Waals surface area (Å²) in [4.78, 5) is 22.7. The number of rotatable bonds is 7. The van der Waals surface area contributed by atoms with Gasteiger partial charge in [0.05, 0.1) is 4.47 Å². The van der Waals surface area contributed by atoms with E-state index in [9.17, 15) is 4.79 Å². The molecule has 1 aromatic heterocycles.